The van der Waals surface area contributed by atoms with Gasteiger partial charge in [0.1, 0.15) is 11.5 Å². The maximum absolute atomic E-state index is 12.3. The highest BCUT2D eigenvalue weighted by Gasteiger charge is 2.40. The fourth-order valence-electron chi connectivity index (χ4n) is 2.33. The van der Waals surface area contributed by atoms with Crippen molar-refractivity contribution in [3.05, 3.63) is 40.4 Å². The van der Waals surface area contributed by atoms with Crippen molar-refractivity contribution in [2.45, 2.75) is 18.2 Å². The van der Waals surface area contributed by atoms with Gasteiger partial charge >= 0.3 is 5.97 Å². The van der Waals surface area contributed by atoms with E-state index in [4.69, 9.17) is 4.74 Å². The van der Waals surface area contributed by atoms with E-state index in [1.54, 1.807) is 12.1 Å². The summed E-state index contributed by atoms with van der Waals surface area (Å²) in [5.74, 6) is -1.24. The van der Waals surface area contributed by atoms with E-state index in [9.17, 15) is 18.0 Å². The fourth-order valence-corrected chi connectivity index (χ4v) is 4.53. The van der Waals surface area contributed by atoms with Crippen LogP contribution in [0.1, 0.15) is 32.6 Å². The third-order valence-corrected chi connectivity index (χ3v) is 6.10. The zero-order chi connectivity index (χ0) is 17.3. The molecule has 3 rings (SSSR count). The summed E-state index contributed by atoms with van der Waals surface area (Å²) in [6.07, 6.45) is 0.537. The van der Waals surface area contributed by atoms with Gasteiger partial charge in [0, 0.05) is 0 Å². The fraction of sp³-hybridized carbons (Fsp3) is 0.286. The molecule has 10 heteroatoms. The standard InChI is InChI=1S/C14H13N3O5S2/c1-2-10-12(23-16-15-10)14(19)22-8-7-17-13(18)9-5-3-4-6-11(9)24(17,20)21/h3-6H,2,7-8H2,1H3. The topological polar surface area (TPSA) is 107 Å². The lowest BCUT2D eigenvalue weighted by atomic mass is 10.2. The molecule has 24 heavy (non-hydrogen) atoms. The second-order valence-electron chi connectivity index (χ2n) is 4.92. The molecule has 2 aromatic rings. The first-order chi connectivity index (χ1) is 11.5. The summed E-state index contributed by atoms with van der Waals surface area (Å²) in [5, 5.41) is 3.81. The van der Waals surface area contributed by atoms with Crippen molar-refractivity contribution >= 4 is 33.4 Å². The Morgan fingerprint density at radius 1 is 1.33 bits per heavy atom. The number of nitrogens with zero attached hydrogens (tertiary/aromatic N) is 3. The van der Waals surface area contributed by atoms with Crippen LogP contribution in [0.15, 0.2) is 29.2 Å². The number of aromatic nitrogens is 2. The number of amides is 1. The largest absolute Gasteiger partial charge is 0.459 e. The number of hydrogen-bond acceptors (Lipinski definition) is 8. The lowest BCUT2D eigenvalue weighted by Crippen LogP contribution is -2.33. The van der Waals surface area contributed by atoms with Crippen molar-refractivity contribution in [1.82, 2.24) is 13.9 Å². The minimum atomic E-state index is -3.89. The van der Waals surface area contributed by atoms with Gasteiger partial charge in [-0.05, 0) is 30.1 Å². The smallest absolute Gasteiger partial charge is 0.351 e. The van der Waals surface area contributed by atoms with E-state index in [1.807, 2.05) is 6.92 Å². The molecular formula is C14H13N3O5S2. The maximum atomic E-state index is 12.3. The molecule has 0 N–H and O–H groups in total. The Morgan fingerprint density at radius 3 is 2.79 bits per heavy atom. The van der Waals surface area contributed by atoms with Gasteiger partial charge in [-0.15, -0.1) is 5.10 Å². The number of rotatable bonds is 5. The van der Waals surface area contributed by atoms with Crippen LogP contribution < -0.4 is 0 Å². The van der Waals surface area contributed by atoms with Crippen LogP contribution in [0.3, 0.4) is 0 Å². The van der Waals surface area contributed by atoms with Crippen LogP contribution in [0.4, 0.5) is 0 Å². The van der Waals surface area contributed by atoms with Gasteiger partial charge in [-0.1, -0.05) is 23.5 Å². The van der Waals surface area contributed by atoms with Gasteiger partial charge in [0.25, 0.3) is 15.9 Å². The Hall–Kier alpha value is -2.33. The number of benzene rings is 1. The monoisotopic (exact) mass is 367 g/mol. The first-order valence-corrected chi connectivity index (χ1v) is 9.32. The average Bonchev–Trinajstić information content (AvgIpc) is 3.12. The van der Waals surface area contributed by atoms with Crippen molar-refractivity contribution in [3.63, 3.8) is 0 Å². The zero-order valence-electron chi connectivity index (χ0n) is 12.6. The molecule has 0 bridgehead atoms. The maximum Gasteiger partial charge on any atom is 0.351 e. The van der Waals surface area contributed by atoms with Crippen LogP contribution in [0, 0.1) is 0 Å². The Morgan fingerprint density at radius 2 is 2.08 bits per heavy atom. The molecule has 0 fully saturated rings. The first-order valence-electron chi connectivity index (χ1n) is 7.11. The van der Waals surface area contributed by atoms with E-state index < -0.39 is 21.9 Å². The summed E-state index contributed by atoms with van der Waals surface area (Å²) >= 11 is 0.921. The van der Waals surface area contributed by atoms with Crippen molar-refractivity contribution in [3.8, 4) is 0 Å². The molecule has 1 aromatic heterocycles. The molecule has 0 spiro atoms. The number of ether oxygens (including phenoxy) is 1. The predicted octanol–water partition coefficient (Wildman–Crippen LogP) is 1.10. The normalized spacial score (nSPS) is 15.4. The summed E-state index contributed by atoms with van der Waals surface area (Å²) in [6, 6.07) is 5.98. The Balaban J connectivity index is 1.68. The number of carbonyl (C=O) groups excluding carboxylic acids is 2. The molecular weight excluding hydrogens is 354 g/mol. The van der Waals surface area contributed by atoms with E-state index in [0.29, 0.717) is 12.1 Å². The quantitative estimate of drug-likeness (QED) is 0.728. The molecule has 0 radical (unpaired) electrons. The Bertz CT molecular complexity index is 907. The van der Waals surface area contributed by atoms with Crippen molar-refractivity contribution in [2.75, 3.05) is 13.2 Å². The minimum absolute atomic E-state index is 0.0266. The SMILES string of the molecule is CCc1nnsc1C(=O)OCCN1C(=O)c2ccccc2S1(=O)=O. The van der Waals surface area contributed by atoms with Gasteiger partial charge in [0.15, 0.2) is 4.88 Å². The van der Waals surface area contributed by atoms with Crippen LogP contribution >= 0.6 is 11.5 Å². The van der Waals surface area contributed by atoms with Crippen molar-refractivity contribution < 1.29 is 22.7 Å². The number of esters is 1. The highest BCUT2D eigenvalue weighted by molar-refractivity contribution is 7.90. The Kier molecular flexibility index (Phi) is 4.33. The van der Waals surface area contributed by atoms with Gasteiger partial charge in [-0.2, -0.15) is 0 Å². The molecule has 1 aliphatic rings. The van der Waals surface area contributed by atoms with Crippen LogP contribution in [0.2, 0.25) is 0 Å². The summed E-state index contributed by atoms with van der Waals surface area (Å²) in [4.78, 5) is 24.4. The third kappa shape index (κ3) is 2.67. The van der Waals surface area contributed by atoms with Gasteiger partial charge < -0.3 is 4.74 Å². The molecule has 0 aliphatic carbocycles. The van der Waals surface area contributed by atoms with Gasteiger partial charge in [-0.25, -0.2) is 17.5 Å². The molecule has 126 valence electrons. The van der Waals surface area contributed by atoms with E-state index in [0.717, 1.165) is 15.8 Å². The van der Waals surface area contributed by atoms with E-state index in [1.165, 1.54) is 12.1 Å². The van der Waals surface area contributed by atoms with Crippen molar-refractivity contribution in [1.29, 1.82) is 0 Å². The summed E-state index contributed by atoms with van der Waals surface area (Å²) in [5.41, 5.74) is 0.658. The molecule has 8 nitrogen and oxygen atoms in total. The van der Waals surface area contributed by atoms with Crippen LogP contribution in [0.25, 0.3) is 0 Å². The molecule has 0 saturated carbocycles. The molecule has 0 saturated heterocycles. The summed E-state index contributed by atoms with van der Waals surface area (Å²) in [7, 11) is -3.89. The van der Waals surface area contributed by atoms with Crippen LogP contribution in [0.5, 0.6) is 0 Å². The molecule has 0 atom stereocenters. The second-order valence-corrected chi connectivity index (χ2v) is 7.50. The minimum Gasteiger partial charge on any atom is -0.459 e. The molecule has 1 aromatic carbocycles. The lowest BCUT2D eigenvalue weighted by Gasteiger charge is -2.14. The number of sulfonamides is 1. The summed E-state index contributed by atoms with van der Waals surface area (Å²) in [6.45, 7) is 1.36. The first kappa shape index (κ1) is 16.5. The van der Waals surface area contributed by atoms with Gasteiger partial charge in [0.05, 0.1) is 17.8 Å². The van der Waals surface area contributed by atoms with Crippen LogP contribution in [-0.4, -0.2) is 47.3 Å². The third-order valence-electron chi connectivity index (χ3n) is 3.52. The number of hydrogen-bond donors (Lipinski definition) is 0. The average molecular weight is 367 g/mol. The zero-order valence-corrected chi connectivity index (χ0v) is 14.3. The Labute approximate surface area is 142 Å². The van der Waals surface area contributed by atoms with E-state index in [-0.39, 0.29) is 28.5 Å². The van der Waals surface area contributed by atoms with Crippen LogP contribution in [-0.2, 0) is 21.2 Å². The number of aryl methyl sites for hydroxylation is 1. The highest BCUT2D eigenvalue weighted by Crippen LogP contribution is 2.29. The van der Waals surface area contributed by atoms with E-state index in [2.05, 4.69) is 9.59 Å². The predicted molar refractivity (Wildman–Crippen MR) is 84.2 cm³/mol. The molecule has 1 aliphatic heterocycles. The van der Waals surface area contributed by atoms with E-state index >= 15 is 0 Å². The van der Waals surface area contributed by atoms with Crippen molar-refractivity contribution in [2.24, 2.45) is 0 Å². The van der Waals surface area contributed by atoms with Gasteiger partial charge in [0.2, 0.25) is 0 Å². The second kappa shape index (κ2) is 6.29. The molecule has 0 unspecified atom stereocenters. The molecule has 1 amide bonds. The lowest BCUT2D eigenvalue weighted by molar-refractivity contribution is 0.0481. The molecule has 2 heterocycles. The highest BCUT2D eigenvalue weighted by atomic mass is 32.2. The summed E-state index contributed by atoms with van der Waals surface area (Å²) < 4.78 is 34.2. The number of carbonyl (C=O) groups is 2. The van der Waals surface area contributed by atoms with Gasteiger partial charge in [-0.3, -0.25) is 4.79 Å². The number of fused-ring (bicyclic) bond motifs is 1.